The van der Waals surface area contributed by atoms with Gasteiger partial charge in [-0.3, -0.25) is 0 Å². The normalized spacial score (nSPS) is 10.5. The van der Waals surface area contributed by atoms with Crippen molar-refractivity contribution in [1.29, 1.82) is 0 Å². The Morgan fingerprint density at radius 1 is 1.12 bits per heavy atom. The number of rotatable bonds is 3. The van der Waals surface area contributed by atoms with Crippen molar-refractivity contribution < 1.29 is 0 Å². The molecule has 0 aliphatic rings. The Bertz CT molecular complexity index is 511. The highest BCUT2D eigenvalue weighted by Gasteiger charge is 2.02. The fourth-order valence-corrected chi connectivity index (χ4v) is 2.46. The van der Waals surface area contributed by atoms with Crippen molar-refractivity contribution in [2.45, 2.75) is 24.8 Å². The van der Waals surface area contributed by atoms with Crippen molar-refractivity contribution in [3.8, 4) is 0 Å². The summed E-state index contributed by atoms with van der Waals surface area (Å²) >= 11 is 7.39. The van der Waals surface area contributed by atoms with Gasteiger partial charge in [0.1, 0.15) is 5.15 Å². The van der Waals surface area contributed by atoms with Gasteiger partial charge in [-0.25, -0.2) is 15.0 Å². The predicted octanol–water partition coefficient (Wildman–Crippen LogP) is 3.43. The third-order valence-corrected chi connectivity index (χ3v) is 3.18. The maximum Gasteiger partial charge on any atom is 0.188 e. The van der Waals surface area contributed by atoms with E-state index in [9.17, 15) is 0 Å². The van der Waals surface area contributed by atoms with Crippen LogP contribution in [0.1, 0.15) is 17.1 Å². The van der Waals surface area contributed by atoms with Crippen molar-refractivity contribution in [3.63, 3.8) is 0 Å². The van der Waals surface area contributed by atoms with Crippen molar-refractivity contribution in [1.82, 2.24) is 15.0 Å². The molecule has 3 nitrogen and oxygen atoms in total. The summed E-state index contributed by atoms with van der Waals surface area (Å²) in [5.74, 6) is 0.726. The van der Waals surface area contributed by atoms with Crippen molar-refractivity contribution in [3.05, 3.63) is 46.5 Å². The van der Waals surface area contributed by atoms with E-state index in [4.69, 9.17) is 11.6 Å². The minimum Gasteiger partial charge on any atom is -0.240 e. The Balaban J connectivity index is 2.07. The third kappa shape index (κ3) is 3.68. The smallest absolute Gasteiger partial charge is 0.188 e. The lowest BCUT2D eigenvalue weighted by Crippen LogP contribution is -1.94. The minimum atomic E-state index is 0.518. The zero-order valence-corrected chi connectivity index (χ0v) is 11.2. The summed E-state index contributed by atoms with van der Waals surface area (Å²) in [6, 6.07) is 7.57. The fraction of sp³-hybridized carbons (Fsp3) is 0.250. The number of aryl methyl sites for hydroxylation is 2. The molecule has 0 unspecified atom stereocenters. The highest BCUT2D eigenvalue weighted by atomic mass is 35.5. The molecule has 0 aliphatic heterocycles. The van der Waals surface area contributed by atoms with E-state index in [0.717, 1.165) is 28.0 Å². The number of hydrogen-bond donors (Lipinski definition) is 0. The first-order valence-electron chi connectivity index (χ1n) is 5.20. The number of nitrogens with zero attached hydrogens (tertiary/aromatic N) is 3. The molecule has 0 radical (unpaired) electrons. The molecule has 17 heavy (non-hydrogen) atoms. The SMILES string of the molecule is Cc1cc(C)nc(SCc2cccc(Cl)n2)n1. The van der Waals surface area contributed by atoms with Crippen LogP contribution in [0.25, 0.3) is 0 Å². The molecule has 2 rings (SSSR count). The minimum absolute atomic E-state index is 0.518. The van der Waals surface area contributed by atoms with E-state index in [1.807, 2.05) is 32.0 Å². The van der Waals surface area contributed by atoms with Gasteiger partial charge in [0.25, 0.3) is 0 Å². The summed E-state index contributed by atoms with van der Waals surface area (Å²) < 4.78 is 0. The van der Waals surface area contributed by atoms with E-state index in [1.54, 1.807) is 17.8 Å². The highest BCUT2D eigenvalue weighted by molar-refractivity contribution is 7.98. The van der Waals surface area contributed by atoms with Gasteiger partial charge in [-0.05, 0) is 32.0 Å². The van der Waals surface area contributed by atoms with E-state index in [2.05, 4.69) is 15.0 Å². The lowest BCUT2D eigenvalue weighted by molar-refractivity contribution is 0.901. The van der Waals surface area contributed by atoms with Gasteiger partial charge >= 0.3 is 0 Å². The van der Waals surface area contributed by atoms with Crippen molar-refractivity contribution in [2.24, 2.45) is 0 Å². The Morgan fingerprint density at radius 2 is 1.82 bits per heavy atom. The second-order valence-corrected chi connectivity index (χ2v) is 5.00. The maximum absolute atomic E-state index is 5.83. The second kappa shape index (κ2) is 5.47. The molecule has 88 valence electrons. The predicted molar refractivity (Wildman–Crippen MR) is 70.3 cm³/mol. The average molecular weight is 266 g/mol. The molecule has 0 atom stereocenters. The van der Waals surface area contributed by atoms with Gasteiger partial charge in [-0.15, -0.1) is 0 Å². The summed E-state index contributed by atoms with van der Waals surface area (Å²) in [6.45, 7) is 3.94. The molecular weight excluding hydrogens is 254 g/mol. The molecule has 2 heterocycles. The summed E-state index contributed by atoms with van der Waals surface area (Å²) in [7, 11) is 0. The number of halogens is 1. The molecule has 0 fully saturated rings. The number of hydrogen-bond acceptors (Lipinski definition) is 4. The van der Waals surface area contributed by atoms with E-state index in [0.29, 0.717) is 5.15 Å². The Kier molecular flexibility index (Phi) is 3.97. The van der Waals surface area contributed by atoms with Gasteiger partial charge < -0.3 is 0 Å². The van der Waals surface area contributed by atoms with Crippen LogP contribution in [0, 0.1) is 13.8 Å². The molecule has 0 N–H and O–H groups in total. The van der Waals surface area contributed by atoms with E-state index in [1.165, 1.54) is 0 Å². The number of aromatic nitrogens is 3. The molecule has 2 aromatic heterocycles. The molecule has 5 heteroatoms. The first-order chi connectivity index (χ1) is 8.13. The summed E-state index contributed by atoms with van der Waals surface area (Å²) in [6.07, 6.45) is 0. The van der Waals surface area contributed by atoms with Crippen LogP contribution in [0.15, 0.2) is 29.4 Å². The number of thioether (sulfide) groups is 1. The van der Waals surface area contributed by atoms with Crippen LogP contribution >= 0.6 is 23.4 Å². The highest BCUT2D eigenvalue weighted by Crippen LogP contribution is 2.19. The quantitative estimate of drug-likeness (QED) is 0.484. The first-order valence-corrected chi connectivity index (χ1v) is 6.56. The second-order valence-electron chi connectivity index (χ2n) is 3.67. The molecule has 0 amide bonds. The van der Waals surface area contributed by atoms with Gasteiger partial charge in [0, 0.05) is 17.1 Å². The molecule has 0 aromatic carbocycles. The molecule has 2 aromatic rings. The van der Waals surface area contributed by atoms with Crippen molar-refractivity contribution in [2.75, 3.05) is 0 Å². The van der Waals surface area contributed by atoms with Crippen molar-refractivity contribution >= 4 is 23.4 Å². The summed E-state index contributed by atoms with van der Waals surface area (Å²) in [5, 5.41) is 1.30. The standard InChI is InChI=1S/C12H12ClN3S/c1-8-6-9(2)15-12(14-8)17-7-10-4-3-5-11(13)16-10/h3-6H,7H2,1-2H3. The van der Waals surface area contributed by atoms with Crippen LogP contribution in [0.2, 0.25) is 5.15 Å². The summed E-state index contributed by atoms with van der Waals surface area (Å²) in [4.78, 5) is 12.9. The molecule has 0 bridgehead atoms. The maximum atomic E-state index is 5.83. The Labute approximate surface area is 110 Å². The van der Waals surface area contributed by atoms with E-state index in [-0.39, 0.29) is 0 Å². The average Bonchev–Trinajstić information content (AvgIpc) is 2.25. The van der Waals surface area contributed by atoms with Gasteiger partial charge in [0.05, 0.1) is 5.69 Å². The van der Waals surface area contributed by atoms with E-state index < -0.39 is 0 Å². The zero-order valence-electron chi connectivity index (χ0n) is 9.64. The fourth-order valence-electron chi connectivity index (χ4n) is 1.43. The van der Waals surface area contributed by atoms with Crippen LogP contribution in [-0.2, 0) is 5.75 Å². The number of pyridine rings is 1. The van der Waals surface area contributed by atoms with Crippen LogP contribution in [0.5, 0.6) is 0 Å². The summed E-state index contributed by atoms with van der Waals surface area (Å²) in [5.41, 5.74) is 2.91. The molecule has 0 aliphatic carbocycles. The third-order valence-electron chi connectivity index (χ3n) is 2.08. The van der Waals surface area contributed by atoms with Crippen LogP contribution < -0.4 is 0 Å². The molecule has 0 spiro atoms. The molecule has 0 saturated carbocycles. The van der Waals surface area contributed by atoms with Gasteiger partial charge in [-0.2, -0.15) is 0 Å². The zero-order chi connectivity index (χ0) is 12.3. The first kappa shape index (κ1) is 12.3. The van der Waals surface area contributed by atoms with Gasteiger partial charge in [0.15, 0.2) is 5.16 Å². The Morgan fingerprint density at radius 3 is 2.47 bits per heavy atom. The van der Waals surface area contributed by atoms with Crippen LogP contribution in [-0.4, -0.2) is 15.0 Å². The lowest BCUT2D eigenvalue weighted by Gasteiger charge is -2.03. The largest absolute Gasteiger partial charge is 0.240 e. The van der Waals surface area contributed by atoms with Crippen LogP contribution in [0.3, 0.4) is 0 Å². The lowest BCUT2D eigenvalue weighted by atomic mass is 10.4. The van der Waals surface area contributed by atoms with E-state index >= 15 is 0 Å². The molecule has 0 saturated heterocycles. The van der Waals surface area contributed by atoms with Gasteiger partial charge in [0.2, 0.25) is 0 Å². The monoisotopic (exact) mass is 265 g/mol. The molecular formula is C12H12ClN3S. The van der Waals surface area contributed by atoms with Gasteiger partial charge in [-0.1, -0.05) is 29.4 Å². The topological polar surface area (TPSA) is 38.7 Å². The Hall–Kier alpha value is -1.13. The van der Waals surface area contributed by atoms with Crippen LogP contribution in [0.4, 0.5) is 0 Å².